The highest BCUT2D eigenvalue weighted by atomic mass is 79.9. The predicted molar refractivity (Wildman–Crippen MR) is 92.4 cm³/mol. The van der Waals surface area contributed by atoms with E-state index in [0.717, 1.165) is 4.47 Å². The number of rotatable bonds is 4. The van der Waals surface area contributed by atoms with Crippen LogP contribution in [0.5, 0.6) is 5.75 Å². The average Bonchev–Trinajstić information content (AvgIpc) is 2.53. The molecule has 0 saturated carbocycles. The molecular weight excluding hydrogens is 376 g/mol. The second-order valence-corrected chi connectivity index (χ2v) is 6.27. The quantitative estimate of drug-likeness (QED) is 0.662. The van der Waals surface area contributed by atoms with Gasteiger partial charge in [-0.2, -0.15) is 0 Å². The molecule has 5 nitrogen and oxygen atoms in total. The molecule has 1 heterocycles. The Labute approximate surface area is 145 Å². The Hall–Kier alpha value is -2.60. The Kier molecular flexibility index (Phi) is 4.40. The monoisotopic (exact) mass is 388 g/mol. The van der Waals surface area contributed by atoms with E-state index in [1.54, 1.807) is 48.5 Å². The molecular formula is C18H13BrO5. The van der Waals surface area contributed by atoms with Gasteiger partial charge in [0.15, 0.2) is 0 Å². The van der Waals surface area contributed by atoms with Crippen molar-refractivity contribution < 1.29 is 19.4 Å². The van der Waals surface area contributed by atoms with Crippen LogP contribution in [0.1, 0.15) is 23.5 Å². The zero-order valence-corrected chi connectivity index (χ0v) is 14.0. The number of carboxylic acid groups (broad SMARTS) is 1. The molecule has 0 saturated heterocycles. The summed E-state index contributed by atoms with van der Waals surface area (Å²) in [6.07, 6.45) is -0.340. The molecule has 6 heteroatoms. The minimum Gasteiger partial charge on any atom is -0.507 e. The van der Waals surface area contributed by atoms with E-state index < -0.39 is 17.5 Å². The maximum atomic E-state index is 12.4. The van der Waals surface area contributed by atoms with Crippen LogP contribution in [0.4, 0.5) is 0 Å². The Morgan fingerprint density at radius 1 is 1.17 bits per heavy atom. The van der Waals surface area contributed by atoms with E-state index in [1.807, 2.05) is 0 Å². The Bertz CT molecular complexity index is 977. The molecule has 1 aromatic heterocycles. The van der Waals surface area contributed by atoms with E-state index in [-0.39, 0.29) is 23.3 Å². The zero-order valence-electron chi connectivity index (χ0n) is 12.4. The van der Waals surface area contributed by atoms with Crippen molar-refractivity contribution in [3.63, 3.8) is 0 Å². The predicted octanol–water partition coefficient (Wildman–Crippen LogP) is 3.87. The molecule has 2 N–H and O–H groups in total. The van der Waals surface area contributed by atoms with E-state index >= 15 is 0 Å². The van der Waals surface area contributed by atoms with Gasteiger partial charge in [0.2, 0.25) is 0 Å². The highest BCUT2D eigenvalue weighted by Gasteiger charge is 2.26. The molecule has 1 atom stereocenters. The first-order valence-corrected chi connectivity index (χ1v) is 7.98. The lowest BCUT2D eigenvalue weighted by atomic mass is 9.88. The largest absolute Gasteiger partial charge is 0.507 e. The van der Waals surface area contributed by atoms with Gasteiger partial charge < -0.3 is 14.6 Å². The van der Waals surface area contributed by atoms with E-state index in [2.05, 4.69) is 15.9 Å². The van der Waals surface area contributed by atoms with Gasteiger partial charge in [0.1, 0.15) is 11.3 Å². The van der Waals surface area contributed by atoms with E-state index in [1.165, 1.54) is 0 Å². The zero-order chi connectivity index (χ0) is 17.3. The van der Waals surface area contributed by atoms with Gasteiger partial charge in [-0.25, -0.2) is 4.79 Å². The van der Waals surface area contributed by atoms with Gasteiger partial charge in [0, 0.05) is 10.4 Å². The van der Waals surface area contributed by atoms with Crippen LogP contribution in [0.15, 0.2) is 62.2 Å². The van der Waals surface area contributed by atoms with Gasteiger partial charge >= 0.3 is 11.6 Å². The van der Waals surface area contributed by atoms with Crippen molar-refractivity contribution in [2.24, 2.45) is 0 Å². The van der Waals surface area contributed by atoms with Crippen molar-refractivity contribution in [1.29, 1.82) is 0 Å². The highest BCUT2D eigenvalue weighted by molar-refractivity contribution is 9.10. The third-order valence-corrected chi connectivity index (χ3v) is 4.29. The van der Waals surface area contributed by atoms with Crippen LogP contribution in [0.25, 0.3) is 11.0 Å². The maximum Gasteiger partial charge on any atom is 0.343 e. The summed E-state index contributed by atoms with van der Waals surface area (Å²) in [6, 6.07) is 13.6. The van der Waals surface area contributed by atoms with Crippen LogP contribution < -0.4 is 5.63 Å². The number of carbonyl (C=O) groups is 1. The Morgan fingerprint density at radius 2 is 1.92 bits per heavy atom. The van der Waals surface area contributed by atoms with Crippen LogP contribution in [0.3, 0.4) is 0 Å². The first-order valence-electron chi connectivity index (χ1n) is 7.19. The number of carboxylic acids is 1. The third-order valence-electron chi connectivity index (χ3n) is 3.80. The van der Waals surface area contributed by atoms with Crippen LogP contribution in [-0.2, 0) is 4.79 Å². The van der Waals surface area contributed by atoms with Crippen LogP contribution >= 0.6 is 15.9 Å². The van der Waals surface area contributed by atoms with Crippen molar-refractivity contribution in [2.75, 3.05) is 0 Å². The van der Waals surface area contributed by atoms with Gasteiger partial charge in [-0.15, -0.1) is 0 Å². The van der Waals surface area contributed by atoms with Gasteiger partial charge in [-0.3, -0.25) is 4.79 Å². The van der Waals surface area contributed by atoms with E-state index in [4.69, 9.17) is 4.42 Å². The summed E-state index contributed by atoms with van der Waals surface area (Å²) in [5, 5.41) is 20.2. The first kappa shape index (κ1) is 16.3. The number of fused-ring (bicyclic) bond motifs is 1. The molecule has 3 rings (SSSR count). The Balaban J connectivity index is 2.27. The SMILES string of the molecule is O=C(O)C[C@@H](c1cccc(Br)c1)c1c(O)c2ccccc2oc1=O. The molecule has 0 radical (unpaired) electrons. The van der Waals surface area contributed by atoms with Crippen molar-refractivity contribution in [2.45, 2.75) is 12.3 Å². The molecule has 2 aromatic carbocycles. The number of aromatic hydroxyl groups is 1. The van der Waals surface area contributed by atoms with Gasteiger partial charge in [-0.1, -0.05) is 40.2 Å². The molecule has 0 spiro atoms. The smallest absolute Gasteiger partial charge is 0.343 e. The molecule has 0 aliphatic carbocycles. The first-order chi connectivity index (χ1) is 11.5. The van der Waals surface area contributed by atoms with Gasteiger partial charge in [0.25, 0.3) is 0 Å². The summed E-state index contributed by atoms with van der Waals surface area (Å²) in [5.41, 5.74) is 0.0725. The number of hydrogen-bond donors (Lipinski definition) is 2. The molecule has 0 fully saturated rings. The fourth-order valence-electron chi connectivity index (χ4n) is 2.74. The summed E-state index contributed by atoms with van der Waals surface area (Å²) in [4.78, 5) is 23.7. The summed E-state index contributed by atoms with van der Waals surface area (Å²) >= 11 is 3.33. The summed E-state index contributed by atoms with van der Waals surface area (Å²) < 4.78 is 6.02. The lowest BCUT2D eigenvalue weighted by Gasteiger charge is -2.17. The number of aliphatic carboxylic acids is 1. The average molecular weight is 389 g/mol. The minimum absolute atomic E-state index is 0.0470. The van der Waals surface area contributed by atoms with E-state index in [0.29, 0.717) is 10.9 Å². The lowest BCUT2D eigenvalue weighted by molar-refractivity contribution is -0.137. The van der Waals surface area contributed by atoms with Crippen molar-refractivity contribution in [3.8, 4) is 5.75 Å². The van der Waals surface area contributed by atoms with Crippen LogP contribution in [0.2, 0.25) is 0 Å². The molecule has 122 valence electrons. The van der Waals surface area contributed by atoms with Gasteiger partial charge in [-0.05, 0) is 29.8 Å². The summed E-state index contributed by atoms with van der Waals surface area (Å²) in [7, 11) is 0. The molecule has 0 aliphatic rings. The van der Waals surface area contributed by atoms with Crippen molar-refractivity contribution >= 4 is 32.9 Å². The maximum absolute atomic E-state index is 12.4. The summed E-state index contributed by atoms with van der Waals surface area (Å²) in [6.45, 7) is 0. The number of halogens is 1. The second kappa shape index (κ2) is 6.49. The van der Waals surface area contributed by atoms with E-state index in [9.17, 15) is 19.8 Å². The number of hydrogen-bond acceptors (Lipinski definition) is 4. The molecule has 24 heavy (non-hydrogen) atoms. The molecule has 0 aliphatic heterocycles. The molecule has 0 unspecified atom stereocenters. The normalized spacial score (nSPS) is 12.2. The van der Waals surface area contributed by atoms with Crippen molar-refractivity contribution in [3.05, 3.63) is 74.6 Å². The second-order valence-electron chi connectivity index (χ2n) is 5.35. The molecule has 3 aromatic rings. The third kappa shape index (κ3) is 3.05. The van der Waals surface area contributed by atoms with Crippen molar-refractivity contribution in [1.82, 2.24) is 0 Å². The molecule has 0 amide bonds. The standard InChI is InChI=1S/C18H13BrO5/c19-11-5-3-4-10(8-11)13(9-15(20)21)16-17(22)12-6-1-2-7-14(12)24-18(16)23/h1-8,13,22H,9H2,(H,20,21)/t13-/m0/s1. The van der Waals surface area contributed by atoms with Crippen LogP contribution in [0, 0.1) is 0 Å². The van der Waals surface area contributed by atoms with Crippen LogP contribution in [-0.4, -0.2) is 16.2 Å². The fourth-order valence-corrected chi connectivity index (χ4v) is 3.16. The lowest BCUT2D eigenvalue weighted by Crippen LogP contribution is -2.17. The molecule has 0 bridgehead atoms. The number of para-hydroxylation sites is 1. The summed E-state index contributed by atoms with van der Waals surface area (Å²) in [5.74, 6) is -2.14. The Morgan fingerprint density at radius 3 is 2.62 bits per heavy atom. The topological polar surface area (TPSA) is 87.7 Å². The fraction of sp³-hybridized carbons (Fsp3) is 0.111. The minimum atomic E-state index is -1.08. The van der Waals surface area contributed by atoms with Gasteiger partial charge in [0.05, 0.1) is 17.4 Å². The number of benzene rings is 2. The highest BCUT2D eigenvalue weighted by Crippen LogP contribution is 2.36.